The number of carbonyl (C=O) groups excluding carboxylic acids is 1. The number of rotatable bonds is 23. The average molecular weight is 846 g/mol. The molecule has 21 nitrogen and oxygen atoms in total. The van der Waals surface area contributed by atoms with E-state index in [4.69, 9.17) is 54.1 Å². The number of amides is 1. The Hall–Kier alpha value is -2.80. The van der Waals surface area contributed by atoms with E-state index in [1.54, 1.807) is 24.7 Å². The molecule has 1 saturated carbocycles. The maximum Gasteiger partial charge on any atom is 0.340 e. The van der Waals surface area contributed by atoms with Gasteiger partial charge in [0, 0.05) is 25.7 Å². The summed E-state index contributed by atoms with van der Waals surface area (Å²) in [6, 6.07) is 0.218. The molecule has 57 heavy (non-hydrogen) atoms. The molecule has 5 atom stereocenters. The van der Waals surface area contributed by atoms with Gasteiger partial charge in [-0.25, -0.2) is 4.68 Å². The zero-order valence-corrected chi connectivity index (χ0v) is 33.9. The average Bonchev–Trinajstić information content (AvgIpc) is 3.90. The van der Waals surface area contributed by atoms with E-state index in [9.17, 15) is 28.6 Å². The van der Waals surface area contributed by atoms with E-state index in [0.717, 1.165) is 25.7 Å². The van der Waals surface area contributed by atoms with Gasteiger partial charge in [0.15, 0.2) is 23.6 Å². The van der Waals surface area contributed by atoms with E-state index in [-0.39, 0.29) is 24.5 Å². The van der Waals surface area contributed by atoms with Gasteiger partial charge in [0.2, 0.25) is 11.9 Å². The molecular formula is C34H53N7O14P2. The number of aromatic nitrogens is 4. The van der Waals surface area contributed by atoms with E-state index in [2.05, 4.69) is 21.7 Å². The largest absolute Gasteiger partial charge is 0.377 e. The molecule has 3 saturated heterocycles. The number of anilines is 2. The van der Waals surface area contributed by atoms with Crippen molar-refractivity contribution in [2.45, 2.75) is 75.9 Å². The first kappa shape index (κ1) is 43.8. The van der Waals surface area contributed by atoms with Gasteiger partial charge in [-0.2, -0.15) is 15.1 Å². The van der Waals surface area contributed by atoms with E-state index >= 15 is 0 Å². The first-order valence-corrected chi connectivity index (χ1v) is 22.6. The Morgan fingerprint density at radius 2 is 1.63 bits per heavy atom. The molecule has 5 heterocycles. The molecule has 23 heteroatoms. The maximum atomic E-state index is 12.9. The molecular weight excluding hydrogens is 792 g/mol. The summed E-state index contributed by atoms with van der Waals surface area (Å²) < 4.78 is 70.7. The SMILES string of the molecule is C#CCOCCOCCOCCOCCNC(=O)C1CN(c2nc(NC3CCCC3)c3cnn([C@@H]4O[C@H](COP(=O)(O)CP(=O)(O)O)[C@H]5OC(C)(C)O[C@H]54)c3n2)C1. The first-order valence-electron chi connectivity index (χ1n) is 19.0. The quantitative estimate of drug-likeness (QED) is 0.0598. The number of nitrogens with one attached hydrogen (secondary N) is 2. The monoisotopic (exact) mass is 845 g/mol. The fraction of sp³-hybridized carbons (Fsp3) is 0.765. The third-order valence-corrected chi connectivity index (χ3v) is 13.1. The van der Waals surface area contributed by atoms with E-state index in [0.29, 0.717) is 88.7 Å². The van der Waals surface area contributed by atoms with Crippen molar-refractivity contribution in [2.24, 2.45) is 5.92 Å². The molecule has 1 unspecified atom stereocenters. The van der Waals surface area contributed by atoms with Crippen LogP contribution in [0.5, 0.6) is 0 Å². The van der Waals surface area contributed by atoms with Gasteiger partial charge in [0.05, 0.1) is 70.4 Å². The van der Waals surface area contributed by atoms with Gasteiger partial charge in [-0.05, 0) is 26.7 Å². The summed E-state index contributed by atoms with van der Waals surface area (Å²) in [5.41, 5.74) is 0.431. The molecule has 4 aliphatic rings. The van der Waals surface area contributed by atoms with Crippen molar-refractivity contribution >= 4 is 43.9 Å². The van der Waals surface area contributed by atoms with Crippen LogP contribution in [0.25, 0.3) is 11.0 Å². The van der Waals surface area contributed by atoms with Crippen molar-refractivity contribution in [3.8, 4) is 12.3 Å². The third kappa shape index (κ3) is 12.1. The van der Waals surface area contributed by atoms with E-state index in [1.807, 2.05) is 4.90 Å². The second kappa shape index (κ2) is 19.5. The van der Waals surface area contributed by atoms with Crippen molar-refractivity contribution < 1.29 is 66.3 Å². The molecule has 318 valence electrons. The van der Waals surface area contributed by atoms with Crippen LogP contribution < -0.4 is 15.5 Å². The van der Waals surface area contributed by atoms with Crippen LogP contribution in [0, 0.1) is 18.3 Å². The first-order chi connectivity index (χ1) is 27.2. The topological polar surface area (TPSA) is 257 Å². The molecule has 0 aromatic carbocycles. The zero-order valence-electron chi connectivity index (χ0n) is 32.1. The standard InChI is InChI=1S/C34H53N7O14P2/c1-4-10-48-12-14-50-16-17-51-15-13-49-11-9-35-31(42)23-19-40(20-23)33-38-29(37-24-7-5-6-8-24)25-18-36-41(30(25)39-33)32-28-27(54-34(2,3)55-28)26(53-32)21-52-57(46,47)22-56(43,44)45/h1,18,23-24,26-28,32H,5-17,19-22H2,2-3H3,(H,35,42)(H,46,47)(H,37,38,39)(H2,43,44,45)/t26-,27-,28-,32-/m1/s1. The highest BCUT2D eigenvalue weighted by atomic mass is 31.2. The van der Waals surface area contributed by atoms with Gasteiger partial charge in [0.1, 0.15) is 30.7 Å². The maximum absolute atomic E-state index is 12.9. The molecule has 0 bridgehead atoms. The van der Waals surface area contributed by atoms with Crippen molar-refractivity contribution in [3.63, 3.8) is 0 Å². The van der Waals surface area contributed by atoms with Crippen LogP contribution in [0.15, 0.2) is 6.20 Å². The molecule has 1 amide bonds. The predicted octanol–water partition coefficient (Wildman–Crippen LogP) is 1.19. The van der Waals surface area contributed by atoms with Gasteiger partial charge in [-0.3, -0.25) is 13.9 Å². The van der Waals surface area contributed by atoms with Crippen molar-refractivity contribution in [2.75, 3.05) is 95.2 Å². The van der Waals surface area contributed by atoms with E-state index < -0.39 is 58.0 Å². The summed E-state index contributed by atoms with van der Waals surface area (Å²) in [7, 11) is -9.50. The number of terminal acetylenes is 1. The summed E-state index contributed by atoms with van der Waals surface area (Å²) in [4.78, 5) is 53.2. The Balaban J connectivity index is 1.04. The lowest BCUT2D eigenvalue weighted by Crippen LogP contribution is -2.54. The zero-order chi connectivity index (χ0) is 40.6. The van der Waals surface area contributed by atoms with Gasteiger partial charge in [-0.15, -0.1) is 6.42 Å². The summed E-state index contributed by atoms with van der Waals surface area (Å²) >= 11 is 0. The number of hydrogen-bond acceptors (Lipinski definition) is 16. The summed E-state index contributed by atoms with van der Waals surface area (Å²) in [5.74, 6) is 0.624. The highest BCUT2D eigenvalue weighted by molar-refractivity contribution is 7.70. The summed E-state index contributed by atoms with van der Waals surface area (Å²) in [6.07, 6.45) is 7.55. The highest BCUT2D eigenvalue weighted by Gasteiger charge is 2.57. The van der Waals surface area contributed by atoms with Crippen LogP contribution in [-0.4, -0.2) is 155 Å². The van der Waals surface area contributed by atoms with Crippen LogP contribution in [-0.2, 0) is 51.6 Å². The molecule has 1 aliphatic carbocycles. The molecule has 2 aromatic rings. The molecule has 4 fully saturated rings. The molecule has 0 radical (unpaired) electrons. The van der Waals surface area contributed by atoms with E-state index in [1.165, 1.54) is 0 Å². The lowest BCUT2D eigenvalue weighted by atomic mass is 10.00. The lowest BCUT2D eigenvalue weighted by Gasteiger charge is -2.38. The van der Waals surface area contributed by atoms with Crippen LogP contribution in [0.1, 0.15) is 45.8 Å². The van der Waals surface area contributed by atoms with Gasteiger partial charge < -0.3 is 67.9 Å². The van der Waals surface area contributed by atoms with Crippen LogP contribution in [0.4, 0.5) is 11.8 Å². The van der Waals surface area contributed by atoms with Crippen LogP contribution in [0.3, 0.4) is 0 Å². The van der Waals surface area contributed by atoms with Crippen LogP contribution >= 0.6 is 15.2 Å². The van der Waals surface area contributed by atoms with Gasteiger partial charge in [-0.1, -0.05) is 18.8 Å². The Kier molecular flexibility index (Phi) is 15.0. The Bertz CT molecular complexity index is 1790. The summed E-state index contributed by atoms with van der Waals surface area (Å²) in [6.45, 7) is 7.22. The minimum absolute atomic E-state index is 0.0993. The van der Waals surface area contributed by atoms with Crippen molar-refractivity contribution in [1.29, 1.82) is 0 Å². The number of ether oxygens (including phenoxy) is 7. The normalized spacial score (nSPS) is 24.7. The molecule has 0 spiro atoms. The number of hydrogen-bond donors (Lipinski definition) is 5. The smallest absolute Gasteiger partial charge is 0.340 e. The Morgan fingerprint density at radius 3 is 2.30 bits per heavy atom. The Labute approximate surface area is 330 Å². The fourth-order valence-electron chi connectivity index (χ4n) is 7.06. The number of fused-ring (bicyclic) bond motifs is 2. The third-order valence-electron chi connectivity index (χ3n) is 9.69. The van der Waals surface area contributed by atoms with Gasteiger partial charge >= 0.3 is 15.2 Å². The molecule has 5 N–H and O–H groups in total. The Morgan fingerprint density at radius 1 is 0.982 bits per heavy atom. The van der Waals surface area contributed by atoms with Crippen molar-refractivity contribution in [1.82, 2.24) is 25.1 Å². The predicted molar refractivity (Wildman–Crippen MR) is 202 cm³/mol. The fourth-order valence-corrected chi connectivity index (χ4v) is 9.63. The second-order valence-electron chi connectivity index (χ2n) is 14.7. The lowest BCUT2D eigenvalue weighted by molar-refractivity contribution is -0.200. The molecule has 6 rings (SSSR count). The molecule has 3 aliphatic heterocycles. The minimum Gasteiger partial charge on any atom is -0.377 e. The summed E-state index contributed by atoms with van der Waals surface area (Å²) in [5, 5.41) is 11.8. The number of nitrogens with zero attached hydrogens (tertiary/aromatic N) is 5. The highest BCUT2D eigenvalue weighted by Crippen LogP contribution is 2.56. The number of carbonyl (C=O) groups is 1. The second-order valence-corrected chi connectivity index (χ2v) is 18.7. The van der Waals surface area contributed by atoms with Crippen LogP contribution in [0.2, 0.25) is 0 Å². The van der Waals surface area contributed by atoms with Gasteiger partial charge in [0.25, 0.3) is 0 Å². The van der Waals surface area contributed by atoms with Crippen molar-refractivity contribution in [3.05, 3.63) is 6.20 Å². The minimum atomic E-state index is -4.84. The molecule has 2 aromatic heterocycles.